The zero-order valence-electron chi connectivity index (χ0n) is 10.5. The standard InChI is InChI=1S/C12H21BrN2S2/c1-3-16-5-4-11(7-14)15(2)8-12-6-10(13)9-17-12/h6,9,11H,3-5,7-8,14H2,1-2H3. The molecular weight excluding hydrogens is 316 g/mol. The van der Waals surface area contributed by atoms with Gasteiger partial charge in [0.25, 0.3) is 0 Å². The first-order valence-corrected chi connectivity index (χ1v) is 8.71. The van der Waals surface area contributed by atoms with Crippen LogP contribution in [0.3, 0.4) is 0 Å². The van der Waals surface area contributed by atoms with Crippen molar-refractivity contribution in [2.45, 2.75) is 25.9 Å². The van der Waals surface area contributed by atoms with Gasteiger partial charge in [0, 0.05) is 33.9 Å². The lowest BCUT2D eigenvalue weighted by Gasteiger charge is -2.26. The van der Waals surface area contributed by atoms with Crippen LogP contribution in [0.25, 0.3) is 0 Å². The number of nitrogens with two attached hydrogens (primary N) is 1. The van der Waals surface area contributed by atoms with E-state index < -0.39 is 0 Å². The van der Waals surface area contributed by atoms with Crippen LogP contribution in [-0.2, 0) is 6.54 Å². The summed E-state index contributed by atoms with van der Waals surface area (Å²) >= 11 is 7.28. The van der Waals surface area contributed by atoms with Gasteiger partial charge < -0.3 is 5.73 Å². The number of likely N-dealkylation sites (N-methyl/N-ethyl adjacent to an activating group) is 1. The van der Waals surface area contributed by atoms with E-state index in [2.05, 4.69) is 46.2 Å². The molecule has 1 heterocycles. The van der Waals surface area contributed by atoms with Crippen LogP contribution >= 0.6 is 39.0 Å². The lowest BCUT2D eigenvalue weighted by molar-refractivity contribution is 0.236. The molecule has 0 amide bonds. The van der Waals surface area contributed by atoms with Crippen LogP contribution in [-0.4, -0.2) is 36.0 Å². The van der Waals surface area contributed by atoms with Crippen molar-refractivity contribution in [2.24, 2.45) is 5.73 Å². The molecule has 5 heteroatoms. The second kappa shape index (κ2) is 8.53. The van der Waals surface area contributed by atoms with Crippen molar-refractivity contribution >= 4 is 39.0 Å². The molecule has 0 bridgehead atoms. The molecule has 0 saturated carbocycles. The van der Waals surface area contributed by atoms with Gasteiger partial charge >= 0.3 is 0 Å². The average Bonchev–Trinajstić information content (AvgIpc) is 2.70. The average molecular weight is 337 g/mol. The van der Waals surface area contributed by atoms with Crippen LogP contribution in [0.1, 0.15) is 18.2 Å². The van der Waals surface area contributed by atoms with Gasteiger partial charge in [-0.15, -0.1) is 11.3 Å². The van der Waals surface area contributed by atoms with Crippen molar-refractivity contribution in [3.05, 3.63) is 20.8 Å². The second-order valence-corrected chi connectivity index (χ2v) is 7.33. The van der Waals surface area contributed by atoms with Crippen LogP contribution in [0.15, 0.2) is 15.9 Å². The van der Waals surface area contributed by atoms with Gasteiger partial charge in [-0.1, -0.05) is 6.92 Å². The van der Waals surface area contributed by atoms with E-state index >= 15 is 0 Å². The zero-order chi connectivity index (χ0) is 12.7. The molecule has 98 valence electrons. The Labute approximate surface area is 121 Å². The quantitative estimate of drug-likeness (QED) is 0.737. The van der Waals surface area contributed by atoms with Gasteiger partial charge in [0.1, 0.15) is 0 Å². The van der Waals surface area contributed by atoms with Crippen molar-refractivity contribution in [1.82, 2.24) is 4.90 Å². The number of thioether (sulfide) groups is 1. The summed E-state index contributed by atoms with van der Waals surface area (Å²) in [5.41, 5.74) is 5.86. The normalized spacial score (nSPS) is 13.2. The van der Waals surface area contributed by atoms with E-state index in [0.29, 0.717) is 6.04 Å². The van der Waals surface area contributed by atoms with Crippen molar-refractivity contribution in [1.29, 1.82) is 0 Å². The van der Waals surface area contributed by atoms with E-state index in [1.54, 1.807) is 11.3 Å². The zero-order valence-corrected chi connectivity index (χ0v) is 13.7. The minimum absolute atomic E-state index is 0.495. The van der Waals surface area contributed by atoms with E-state index in [9.17, 15) is 0 Å². The molecule has 0 aliphatic carbocycles. The maximum atomic E-state index is 5.86. The molecule has 0 aliphatic rings. The number of nitrogens with zero attached hydrogens (tertiary/aromatic N) is 1. The molecule has 2 nitrogen and oxygen atoms in total. The fourth-order valence-corrected chi connectivity index (χ4v) is 3.93. The number of hydrogen-bond acceptors (Lipinski definition) is 4. The highest BCUT2D eigenvalue weighted by Gasteiger charge is 2.13. The highest BCUT2D eigenvalue weighted by Crippen LogP contribution is 2.21. The summed E-state index contributed by atoms with van der Waals surface area (Å²) in [4.78, 5) is 3.76. The van der Waals surface area contributed by atoms with E-state index in [1.807, 2.05) is 11.8 Å². The summed E-state index contributed by atoms with van der Waals surface area (Å²) in [6.07, 6.45) is 1.18. The molecule has 0 saturated heterocycles. The summed E-state index contributed by atoms with van der Waals surface area (Å²) in [7, 11) is 2.17. The fourth-order valence-electron chi connectivity index (χ4n) is 1.69. The second-order valence-electron chi connectivity index (χ2n) is 4.02. The Hall–Kier alpha value is 0.450. The van der Waals surface area contributed by atoms with E-state index in [0.717, 1.165) is 13.1 Å². The number of thiophene rings is 1. The first-order valence-electron chi connectivity index (χ1n) is 5.88. The van der Waals surface area contributed by atoms with Gasteiger partial charge in [0.15, 0.2) is 0 Å². The largest absolute Gasteiger partial charge is 0.329 e. The Kier molecular flexibility index (Phi) is 7.78. The highest BCUT2D eigenvalue weighted by molar-refractivity contribution is 9.10. The van der Waals surface area contributed by atoms with Gasteiger partial charge in [0.2, 0.25) is 0 Å². The summed E-state index contributed by atoms with van der Waals surface area (Å²) in [6.45, 7) is 3.94. The SMILES string of the molecule is CCSCCC(CN)N(C)Cc1cc(Br)cs1. The molecule has 1 unspecified atom stereocenters. The molecule has 1 aromatic heterocycles. The molecular formula is C12H21BrN2S2. The number of halogens is 1. The van der Waals surface area contributed by atoms with Crippen LogP contribution in [0.2, 0.25) is 0 Å². The van der Waals surface area contributed by atoms with E-state index in [1.165, 1.54) is 27.3 Å². The third-order valence-electron chi connectivity index (χ3n) is 2.72. The van der Waals surface area contributed by atoms with Gasteiger partial charge in [-0.3, -0.25) is 4.90 Å². The monoisotopic (exact) mass is 336 g/mol. The molecule has 0 fully saturated rings. The summed E-state index contributed by atoms with van der Waals surface area (Å²) < 4.78 is 1.18. The van der Waals surface area contributed by atoms with Gasteiger partial charge in [-0.25, -0.2) is 0 Å². The van der Waals surface area contributed by atoms with Crippen molar-refractivity contribution in [3.63, 3.8) is 0 Å². The smallest absolute Gasteiger partial charge is 0.0328 e. The van der Waals surface area contributed by atoms with Crippen molar-refractivity contribution in [3.8, 4) is 0 Å². The number of rotatable bonds is 8. The maximum absolute atomic E-state index is 5.86. The molecule has 0 spiro atoms. The predicted octanol–water partition coefficient (Wildman–Crippen LogP) is 3.41. The van der Waals surface area contributed by atoms with Crippen molar-refractivity contribution < 1.29 is 0 Å². The topological polar surface area (TPSA) is 29.3 Å². The van der Waals surface area contributed by atoms with Crippen molar-refractivity contribution in [2.75, 3.05) is 25.1 Å². The lowest BCUT2D eigenvalue weighted by atomic mass is 10.2. The minimum Gasteiger partial charge on any atom is -0.329 e. The van der Waals surface area contributed by atoms with Crippen LogP contribution in [0.4, 0.5) is 0 Å². The van der Waals surface area contributed by atoms with E-state index in [-0.39, 0.29) is 0 Å². The maximum Gasteiger partial charge on any atom is 0.0328 e. The van der Waals surface area contributed by atoms with Crippen LogP contribution < -0.4 is 5.73 Å². The predicted molar refractivity (Wildman–Crippen MR) is 83.9 cm³/mol. The molecule has 0 aromatic carbocycles. The minimum atomic E-state index is 0.495. The van der Waals surface area contributed by atoms with Gasteiger partial charge in [-0.2, -0.15) is 11.8 Å². The van der Waals surface area contributed by atoms with Gasteiger partial charge in [0.05, 0.1) is 0 Å². The molecule has 1 aromatic rings. The third-order valence-corrected chi connectivity index (χ3v) is 5.34. The third kappa shape index (κ3) is 5.75. The van der Waals surface area contributed by atoms with E-state index in [4.69, 9.17) is 5.73 Å². The Morgan fingerprint density at radius 2 is 2.35 bits per heavy atom. The summed E-state index contributed by atoms with van der Waals surface area (Å²) in [6, 6.07) is 2.69. The Morgan fingerprint density at radius 3 is 2.88 bits per heavy atom. The molecule has 0 aliphatic heterocycles. The fraction of sp³-hybridized carbons (Fsp3) is 0.667. The Morgan fingerprint density at radius 1 is 1.59 bits per heavy atom. The molecule has 1 rings (SSSR count). The molecule has 17 heavy (non-hydrogen) atoms. The first-order chi connectivity index (χ1) is 8.17. The Bertz CT molecular complexity index is 317. The van der Waals surface area contributed by atoms with Gasteiger partial charge in [-0.05, 0) is 47.0 Å². The van der Waals surface area contributed by atoms with Crippen LogP contribution in [0.5, 0.6) is 0 Å². The molecule has 1 atom stereocenters. The first kappa shape index (κ1) is 15.5. The summed E-state index contributed by atoms with van der Waals surface area (Å²) in [5.74, 6) is 2.40. The number of hydrogen-bond donors (Lipinski definition) is 1. The highest BCUT2D eigenvalue weighted by atomic mass is 79.9. The lowest BCUT2D eigenvalue weighted by Crippen LogP contribution is -2.37. The molecule has 2 N–H and O–H groups in total. The summed E-state index contributed by atoms with van der Waals surface area (Å²) in [5, 5.41) is 2.13. The Balaban J connectivity index is 2.40. The van der Waals surface area contributed by atoms with Crippen LogP contribution in [0, 0.1) is 0 Å². The molecule has 0 radical (unpaired) electrons.